The summed E-state index contributed by atoms with van der Waals surface area (Å²) in [4.78, 5) is 190. The number of nitrogens with one attached hydrogen (secondary N) is 6. The summed E-state index contributed by atoms with van der Waals surface area (Å²) in [6.45, 7) is -29.5. The maximum Gasteiger partial charge on any atom is 0.386 e. The number of rotatable bonds is 6. The second-order valence-electron chi connectivity index (χ2n) is 30.0. The largest absolute Gasteiger partial charge is 0.387 e. The summed E-state index contributed by atoms with van der Waals surface area (Å²) in [6.07, 6.45) is -24.5. The Labute approximate surface area is 767 Å². The Hall–Kier alpha value is -7.91. The first-order chi connectivity index (χ1) is 63.5. The first-order valence-electron chi connectivity index (χ1n) is 38.5. The molecule has 18 N–H and O–H groups in total. The molecule has 9 fully saturated rings. The highest BCUT2D eigenvalue weighted by Gasteiger charge is 2.58. The van der Waals surface area contributed by atoms with Crippen LogP contribution in [0.4, 0.5) is 35.4 Å². The fourth-order valence-corrected chi connectivity index (χ4v) is 24.3. The molecule has 6 unspecified atom stereocenters. The van der Waals surface area contributed by atoms with E-state index >= 15 is 17.6 Å². The first-order valence-corrected chi connectivity index (χ1v) is 54.2. The summed E-state index contributed by atoms with van der Waals surface area (Å²) < 4.78 is 186. The van der Waals surface area contributed by atoms with Gasteiger partial charge < -0.3 is 117 Å². The Balaban J connectivity index is 0.000000129. The summed E-state index contributed by atoms with van der Waals surface area (Å²) in [5, 5.41) is 11.1. The number of aromatic amines is 6. The van der Waals surface area contributed by atoms with Gasteiger partial charge >= 0.3 is 40.4 Å². The van der Waals surface area contributed by atoms with Crippen LogP contribution in [0.15, 0.2) is 85.7 Å². The monoisotopic (exact) mass is 2110 g/mol. The molecule has 74 heteroatoms. The summed E-state index contributed by atoms with van der Waals surface area (Å²) in [5.74, 6) is -0.738. The molecule has 21 rings (SSSR count). The van der Waals surface area contributed by atoms with Crippen molar-refractivity contribution in [3.05, 3.63) is 119 Å². The molecular formula is C60H65F4N27O31P6S6. The lowest BCUT2D eigenvalue weighted by atomic mass is 10.1. The number of halogens is 4. The minimum atomic E-state index is -4.37. The standard InChI is InChI=1S/C20H21F2N9O10P2S2.C20H22FN9O11P2S2.C20H22FN9O10P2S2/c21-8-6-1-36-42(34,44)40-12-7(39-18(9(12)22)30-4-26-10-14(30)24-3-25-16(10)32)2-37-43(35,45)41-13(8)19(38-6)31-5-27-11-15(31)28-20(23)29-17(11)33;21-8-12-7(39-18(8)29-4-25-9-14(29)23-3-24-16(9)32)2-37-43(35,45)41-13-11(31)6(1-36-42(34,44)40-12)38-19(13)30-5-26-10-15(30)27-20(22)28-17(10)33;21-11-9-3-36-41(33,43)39-7-1-10(29-5-25-12-15(29)23-4-24-17(12)31)37-8(7)2-35-42(34,44)40-14(11)19(38-9)30-6-26-13-16(30)27-20(22)28-18(13)32/h3-9,12-13,18-19H,1-2H2,(H,34,44)(H,35,45)(H,24,25,32)(H3,23,28,29,33);3-8,11-13,18-19,31H,1-2H2,(H,34,44)(H,35,45)(H,23,24,32)(H3,22,27,28,33);4-11,14,19H,1-3H2,(H,33,43)(H,34,44)(H,23,24,31)(H3,22,27,28,32)/t6-,7-,8-,9+,12-,13-,18-,19-,42?,43?;6-,7-,8+,11-,12-,13-,18-,19-,42?,43?;7-,8+,9+,10+,11+,14+,19+,41?,42?/m110/s1. The highest BCUT2D eigenvalue weighted by Crippen LogP contribution is 2.61. The Morgan fingerprint density at radius 2 is 0.649 bits per heavy atom. The predicted octanol–water partition coefficient (Wildman–Crippen LogP) is -1.43. The molecule has 720 valence electrons. The number of anilines is 3. The quantitative estimate of drug-likeness (QED) is 0.0515. The minimum absolute atomic E-state index is 0.00423. The van der Waals surface area contributed by atoms with Crippen molar-refractivity contribution in [1.29, 1.82) is 0 Å². The number of hydrogen-bond acceptors (Lipinski definition) is 46. The lowest BCUT2D eigenvalue weighted by Gasteiger charge is -2.27. The molecule has 9 saturated heterocycles. The van der Waals surface area contributed by atoms with Gasteiger partial charge in [-0.2, -0.15) is 15.0 Å². The predicted molar refractivity (Wildman–Crippen MR) is 460 cm³/mol. The third-order valence-electron chi connectivity index (χ3n) is 21.6. The number of nitrogens with two attached hydrogens (primary N) is 3. The van der Waals surface area contributed by atoms with Crippen LogP contribution in [0, 0.1) is 0 Å². The Bertz CT molecular complexity index is 7050. The smallest absolute Gasteiger partial charge is 0.386 e. The normalized spacial score (nSPS) is 37.3. The van der Waals surface area contributed by atoms with Crippen molar-refractivity contribution in [2.45, 2.75) is 148 Å². The van der Waals surface area contributed by atoms with Crippen molar-refractivity contribution in [3.63, 3.8) is 0 Å². The second-order valence-corrected chi connectivity index (χ2v) is 46.9. The van der Waals surface area contributed by atoms with Crippen LogP contribution in [0.25, 0.3) is 67.0 Å². The average molecular weight is 2110 g/mol. The van der Waals surface area contributed by atoms with Gasteiger partial charge in [-0.25, -0.2) is 67.0 Å². The van der Waals surface area contributed by atoms with E-state index in [1.165, 1.54) is 32.7 Å². The van der Waals surface area contributed by atoms with Gasteiger partial charge in [-0.05, 0) is 59.0 Å². The number of aliphatic hydroxyl groups is 1. The van der Waals surface area contributed by atoms with E-state index in [9.17, 15) is 62.9 Å². The van der Waals surface area contributed by atoms with Gasteiger partial charge in [0.15, 0.2) is 123 Å². The van der Waals surface area contributed by atoms with Crippen molar-refractivity contribution in [3.8, 4) is 0 Å². The zero-order valence-corrected chi connectivity index (χ0v) is 76.6. The van der Waals surface area contributed by atoms with E-state index in [1.807, 2.05) is 0 Å². The SMILES string of the molecule is Nc1nc2c(ncn2[C@@H]2O[C@@H]3COP(O)(=S)O[C@H]4C[C@H](n5cnc6c(=O)[nH]cnc65)O[C@@H]4COP(=O)(S)O[C@@H]2[C@@H]3F)c(=O)[nH]1.Nc1nc2c(ncn2[C@@H]2O[C@@H]3COP(O)(=S)O[C@H]4[C@H](F)[C@H](n5cnc6c(=O)[nH]cnc65)O[C@@H]4COP(O)(=S)O[C@@H]2[C@@H]3F)c(=O)[nH]1.Nc1nc2c(ncn2[C@@H]2O[C@@H]3COP(O)(=S)O[C@H]4[C@H](F)[C@H](n5cnc6c(=O)[nH]cnc65)O[C@@H]4COP(O)(=S)O[C@@H]2[C@@H]3O)c(=O)[nH]1. The van der Waals surface area contributed by atoms with E-state index in [0.29, 0.717) is 0 Å². The number of alkyl halides is 4. The number of nitrogen functional groups attached to an aromatic ring is 3. The molecule has 58 nitrogen and oxygen atoms in total. The van der Waals surface area contributed by atoms with Crippen LogP contribution in [0.2, 0.25) is 0 Å². The van der Waals surface area contributed by atoms with Crippen LogP contribution in [-0.2, 0) is 146 Å². The number of aliphatic hydroxyl groups excluding tert-OH is 1. The highest BCUT2D eigenvalue weighted by atomic mass is 32.7. The maximum atomic E-state index is 16.0. The highest BCUT2D eigenvalue weighted by molar-refractivity contribution is 8.44. The van der Waals surface area contributed by atoms with Gasteiger partial charge in [0.1, 0.15) is 79.5 Å². The molecular weight excluding hydrogens is 2050 g/mol. The fraction of sp³-hybridized carbons (Fsp3) is 0.500. The van der Waals surface area contributed by atoms with E-state index < -0.39 is 255 Å². The van der Waals surface area contributed by atoms with Crippen molar-refractivity contribution in [2.24, 2.45) is 0 Å². The molecule has 0 radical (unpaired) electrons. The molecule has 0 aromatic carbocycles. The second kappa shape index (κ2) is 36.4. The molecule has 9 aliphatic heterocycles. The number of nitrogens with zero attached hydrogens (tertiary/aromatic N) is 18. The molecule has 0 aliphatic carbocycles. The number of hydrogen-bond donors (Lipinski definition) is 16. The molecule has 21 heterocycles. The van der Waals surface area contributed by atoms with Gasteiger partial charge in [0.25, 0.3) is 33.4 Å². The van der Waals surface area contributed by atoms with Crippen molar-refractivity contribution in [2.75, 3.05) is 56.8 Å². The maximum absolute atomic E-state index is 16.0. The van der Waals surface area contributed by atoms with E-state index in [2.05, 4.69) is 102 Å². The van der Waals surface area contributed by atoms with Gasteiger partial charge in [-0.1, -0.05) is 12.2 Å². The van der Waals surface area contributed by atoms with Gasteiger partial charge in [0.05, 0.1) is 103 Å². The Morgan fingerprint density at radius 3 is 1.05 bits per heavy atom. The van der Waals surface area contributed by atoms with Gasteiger partial charge in [-0.15, -0.1) is 0 Å². The number of thiol groups is 1. The van der Waals surface area contributed by atoms with Crippen LogP contribution in [0.1, 0.15) is 43.8 Å². The van der Waals surface area contributed by atoms with E-state index in [4.69, 9.17) is 159 Å². The average Bonchev–Trinajstić information content (AvgIpc) is 1.61. The van der Waals surface area contributed by atoms with Gasteiger partial charge in [-0.3, -0.25) is 98.3 Å². The number of aromatic nitrogens is 24. The number of fused-ring (bicyclic) bond motifs is 15. The molecule has 6 bridgehead atoms. The summed E-state index contributed by atoms with van der Waals surface area (Å²) in [7, 11) is 0. The molecule has 0 amide bonds. The third-order valence-corrected chi connectivity index (χ3v) is 31.1. The van der Waals surface area contributed by atoms with E-state index in [-0.39, 0.29) is 91.2 Å². The molecule has 0 spiro atoms. The number of H-pyrrole nitrogens is 6. The molecule has 12 aromatic rings. The van der Waals surface area contributed by atoms with E-state index in [0.717, 1.165) is 51.7 Å². The molecule has 12 aromatic heterocycles. The zero-order valence-electron chi connectivity index (χ0n) is 66.3. The summed E-state index contributed by atoms with van der Waals surface area (Å²) in [5.41, 5.74) is 12.9. The Kier molecular flexibility index (Phi) is 25.8. The molecule has 9 aliphatic rings. The summed E-state index contributed by atoms with van der Waals surface area (Å²) in [6, 6.07) is 0. The first kappa shape index (κ1) is 95.0. The topological polar surface area (TPSA) is 764 Å². The zero-order chi connectivity index (χ0) is 94.6. The molecule has 0 saturated carbocycles. The van der Waals surface area contributed by atoms with Crippen LogP contribution >= 0.6 is 52.6 Å². The van der Waals surface area contributed by atoms with Gasteiger partial charge in [0, 0.05) is 6.42 Å². The van der Waals surface area contributed by atoms with Crippen LogP contribution < -0.4 is 50.6 Å². The fourth-order valence-electron chi connectivity index (χ4n) is 15.7. The number of imidazole rings is 6. The van der Waals surface area contributed by atoms with Crippen LogP contribution in [0.3, 0.4) is 0 Å². The lowest BCUT2D eigenvalue weighted by Crippen LogP contribution is -2.35. The third kappa shape index (κ3) is 18.6. The summed E-state index contributed by atoms with van der Waals surface area (Å²) >= 11 is 29.9. The van der Waals surface area contributed by atoms with Crippen LogP contribution in [-0.4, -0.2) is 290 Å². The Morgan fingerprint density at radius 1 is 0.351 bits per heavy atom. The van der Waals surface area contributed by atoms with E-state index in [1.54, 1.807) is 0 Å². The molecule has 134 heavy (non-hydrogen) atoms. The number of ether oxygens (including phenoxy) is 6. The van der Waals surface area contributed by atoms with Crippen molar-refractivity contribution >= 4 is 197 Å². The van der Waals surface area contributed by atoms with Crippen molar-refractivity contribution < 1.29 is 134 Å². The van der Waals surface area contributed by atoms with Crippen LogP contribution in [0.5, 0.6) is 0 Å². The minimum Gasteiger partial charge on any atom is -0.387 e. The van der Waals surface area contributed by atoms with Crippen molar-refractivity contribution in [1.82, 2.24) is 117 Å². The molecule has 29 atom stereocenters. The van der Waals surface area contributed by atoms with Gasteiger partial charge in [0.2, 0.25) is 17.8 Å². The lowest BCUT2D eigenvalue weighted by molar-refractivity contribution is -0.0602.